The number of anilines is 1. The van der Waals surface area contributed by atoms with E-state index in [1.165, 1.54) is 18.4 Å². The van der Waals surface area contributed by atoms with Gasteiger partial charge in [-0.05, 0) is 18.2 Å². The lowest BCUT2D eigenvalue weighted by Gasteiger charge is -2.13. The van der Waals surface area contributed by atoms with Crippen molar-refractivity contribution in [3.8, 4) is 5.75 Å². The second-order valence-electron chi connectivity index (χ2n) is 4.03. The number of rotatable bonds is 4. The van der Waals surface area contributed by atoms with E-state index in [-0.39, 0.29) is 6.54 Å². The van der Waals surface area contributed by atoms with Crippen molar-refractivity contribution < 1.29 is 19.4 Å². The predicted octanol–water partition coefficient (Wildman–Crippen LogP) is 1.85. The number of hydrogen-bond acceptors (Lipinski definition) is 5. The average molecular weight is 295 g/mol. The third-order valence-electron chi connectivity index (χ3n) is 2.53. The van der Waals surface area contributed by atoms with Crippen molar-refractivity contribution in [2.24, 2.45) is 0 Å². The smallest absolute Gasteiger partial charge is 0.323 e. The number of carbonyl (C=O) groups is 2. The molecule has 2 amide bonds. The molecule has 1 aromatic heterocycles. The number of carboxylic acids is 1. The summed E-state index contributed by atoms with van der Waals surface area (Å²) in [6, 6.07) is 4.88. The van der Waals surface area contributed by atoms with Crippen LogP contribution in [0.3, 0.4) is 0 Å². The number of aromatic nitrogens is 1. The minimum absolute atomic E-state index is 0.370. The molecule has 0 saturated heterocycles. The van der Waals surface area contributed by atoms with E-state index in [4.69, 9.17) is 9.84 Å². The number of fused-ring (bicyclic) bond motifs is 1. The molecule has 2 aromatic rings. The summed E-state index contributed by atoms with van der Waals surface area (Å²) in [5.74, 6) is -0.362. The average Bonchev–Trinajstić information content (AvgIpc) is 2.78. The molecule has 0 spiro atoms. The number of benzene rings is 1. The number of hydrogen-bond donors (Lipinski definition) is 2. The highest BCUT2D eigenvalue weighted by Crippen LogP contribution is 2.29. The van der Waals surface area contributed by atoms with Gasteiger partial charge in [0.2, 0.25) is 0 Å². The van der Waals surface area contributed by atoms with Crippen LogP contribution in [0.15, 0.2) is 18.2 Å². The molecule has 106 valence electrons. The van der Waals surface area contributed by atoms with Gasteiger partial charge in [-0.15, -0.1) is 0 Å². The van der Waals surface area contributed by atoms with Gasteiger partial charge in [-0.25, -0.2) is 9.78 Å². The number of methoxy groups -OCH3 is 1. The fourth-order valence-electron chi connectivity index (χ4n) is 1.55. The number of thiazole rings is 1. The monoisotopic (exact) mass is 295 g/mol. The molecular formula is C12H13N3O4S. The maximum atomic E-state index is 11.7. The number of nitrogens with one attached hydrogen (secondary N) is 1. The van der Waals surface area contributed by atoms with Crippen LogP contribution in [0, 0.1) is 0 Å². The number of urea groups is 1. The Morgan fingerprint density at radius 3 is 2.90 bits per heavy atom. The van der Waals surface area contributed by atoms with Crippen LogP contribution in [0.1, 0.15) is 0 Å². The van der Waals surface area contributed by atoms with E-state index in [1.807, 2.05) is 6.07 Å². The SMILES string of the molecule is COc1ccc2nc(NC(=O)N(C)CC(=O)O)sc2c1. The summed E-state index contributed by atoms with van der Waals surface area (Å²) in [6.45, 7) is -0.370. The minimum Gasteiger partial charge on any atom is -0.497 e. The molecule has 8 heteroatoms. The number of aliphatic carboxylic acids is 1. The zero-order valence-corrected chi connectivity index (χ0v) is 11.7. The lowest BCUT2D eigenvalue weighted by Crippen LogP contribution is -2.35. The maximum absolute atomic E-state index is 11.7. The molecule has 0 aliphatic carbocycles. The summed E-state index contributed by atoms with van der Waals surface area (Å²) >= 11 is 1.29. The van der Waals surface area contributed by atoms with Crippen molar-refractivity contribution in [2.75, 3.05) is 26.0 Å². The van der Waals surface area contributed by atoms with Gasteiger partial charge >= 0.3 is 12.0 Å². The first-order valence-corrected chi connectivity index (χ1v) is 6.49. The van der Waals surface area contributed by atoms with E-state index < -0.39 is 12.0 Å². The van der Waals surface area contributed by atoms with Crippen molar-refractivity contribution in [3.05, 3.63) is 18.2 Å². The molecule has 0 aliphatic heterocycles. The normalized spacial score (nSPS) is 10.3. The molecule has 0 bridgehead atoms. The summed E-state index contributed by atoms with van der Waals surface area (Å²) in [5, 5.41) is 11.6. The molecule has 1 heterocycles. The Hall–Kier alpha value is -2.35. The van der Waals surface area contributed by atoms with Gasteiger partial charge in [-0.1, -0.05) is 11.3 Å². The van der Waals surface area contributed by atoms with Gasteiger partial charge in [0, 0.05) is 7.05 Å². The summed E-state index contributed by atoms with van der Waals surface area (Å²) in [6.07, 6.45) is 0. The van der Waals surface area contributed by atoms with Crippen LogP contribution in [-0.2, 0) is 4.79 Å². The Morgan fingerprint density at radius 2 is 2.25 bits per heavy atom. The molecule has 20 heavy (non-hydrogen) atoms. The third-order valence-corrected chi connectivity index (χ3v) is 3.46. The lowest BCUT2D eigenvalue weighted by atomic mass is 10.3. The van der Waals surface area contributed by atoms with Crippen molar-refractivity contribution in [1.29, 1.82) is 0 Å². The van der Waals surface area contributed by atoms with Crippen LogP contribution in [-0.4, -0.2) is 47.7 Å². The fraction of sp³-hybridized carbons (Fsp3) is 0.250. The van der Waals surface area contributed by atoms with Gasteiger partial charge in [0.25, 0.3) is 0 Å². The number of amides is 2. The Balaban J connectivity index is 2.13. The molecule has 0 atom stereocenters. The second-order valence-corrected chi connectivity index (χ2v) is 5.06. The number of nitrogens with zero attached hydrogens (tertiary/aromatic N) is 2. The Kier molecular flexibility index (Phi) is 4.04. The lowest BCUT2D eigenvalue weighted by molar-refractivity contribution is -0.137. The number of carbonyl (C=O) groups excluding carboxylic acids is 1. The first-order valence-electron chi connectivity index (χ1n) is 5.68. The topological polar surface area (TPSA) is 91.8 Å². The molecule has 2 rings (SSSR count). The summed E-state index contributed by atoms with van der Waals surface area (Å²) < 4.78 is 5.99. The van der Waals surface area contributed by atoms with Crippen LogP contribution in [0.4, 0.5) is 9.93 Å². The summed E-state index contributed by atoms with van der Waals surface area (Å²) in [7, 11) is 2.98. The van der Waals surface area contributed by atoms with Crippen LogP contribution in [0.25, 0.3) is 10.2 Å². The number of carboxylic acid groups (broad SMARTS) is 1. The first-order chi connectivity index (χ1) is 9.49. The molecule has 0 radical (unpaired) electrons. The molecule has 0 unspecified atom stereocenters. The highest BCUT2D eigenvalue weighted by atomic mass is 32.1. The largest absolute Gasteiger partial charge is 0.497 e. The Bertz CT molecular complexity index is 655. The zero-order chi connectivity index (χ0) is 14.7. The highest BCUT2D eigenvalue weighted by molar-refractivity contribution is 7.22. The first kappa shape index (κ1) is 14.1. The van der Waals surface area contributed by atoms with Crippen molar-refractivity contribution in [3.63, 3.8) is 0 Å². The minimum atomic E-state index is -1.07. The molecular weight excluding hydrogens is 282 g/mol. The second kappa shape index (κ2) is 5.74. The van der Waals surface area contributed by atoms with Gasteiger partial charge in [0.1, 0.15) is 12.3 Å². The van der Waals surface area contributed by atoms with Gasteiger partial charge < -0.3 is 14.7 Å². The van der Waals surface area contributed by atoms with Crippen molar-refractivity contribution >= 4 is 38.7 Å². The quantitative estimate of drug-likeness (QED) is 0.898. The zero-order valence-electron chi connectivity index (χ0n) is 10.9. The van der Waals surface area contributed by atoms with Crippen molar-refractivity contribution in [1.82, 2.24) is 9.88 Å². The van der Waals surface area contributed by atoms with Crippen LogP contribution in [0.2, 0.25) is 0 Å². The van der Waals surface area contributed by atoms with Gasteiger partial charge in [0.05, 0.1) is 17.3 Å². The summed E-state index contributed by atoms with van der Waals surface area (Å²) in [4.78, 5) is 27.6. The van der Waals surface area contributed by atoms with Crippen LogP contribution in [0.5, 0.6) is 5.75 Å². The van der Waals surface area contributed by atoms with Gasteiger partial charge in [-0.3, -0.25) is 10.1 Å². The van der Waals surface area contributed by atoms with Gasteiger partial charge in [-0.2, -0.15) is 0 Å². The van der Waals surface area contributed by atoms with Crippen LogP contribution >= 0.6 is 11.3 Å². The summed E-state index contributed by atoms with van der Waals surface area (Å²) in [5.41, 5.74) is 0.743. The molecule has 0 fully saturated rings. The Labute approximate surface area is 118 Å². The van der Waals surface area contributed by atoms with E-state index in [0.29, 0.717) is 10.9 Å². The Morgan fingerprint density at radius 1 is 1.50 bits per heavy atom. The van der Waals surface area contributed by atoms with Crippen molar-refractivity contribution in [2.45, 2.75) is 0 Å². The van der Waals surface area contributed by atoms with E-state index in [2.05, 4.69) is 10.3 Å². The van der Waals surface area contributed by atoms with E-state index in [9.17, 15) is 9.59 Å². The standard InChI is InChI=1S/C12H13N3O4S/c1-15(6-10(16)17)12(18)14-11-13-8-4-3-7(19-2)5-9(8)20-11/h3-5H,6H2,1-2H3,(H,16,17)(H,13,14,18). The van der Waals surface area contributed by atoms with E-state index in [1.54, 1.807) is 19.2 Å². The molecule has 7 nitrogen and oxygen atoms in total. The molecule has 0 aliphatic rings. The van der Waals surface area contributed by atoms with Crippen LogP contribution < -0.4 is 10.1 Å². The number of likely N-dealkylation sites (N-methyl/N-ethyl adjacent to an activating group) is 1. The highest BCUT2D eigenvalue weighted by Gasteiger charge is 2.14. The molecule has 2 N–H and O–H groups in total. The van der Waals surface area contributed by atoms with Gasteiger partial charge in [0.15, 0.2) is 5.13 Å². The predicted molar refractivity (Wildman–Crippen MR) is 75.5 cm³/mol. The fourth-order valence-corrected chi connectivity index (χ4v) is 2.43. The van der Waals surface area contributed by atoms with E-state index in [0.717, 1.165) is 15.1 Å². The molecule has 0 saturated carbocycles. The maximum Gasteiger partial charge on any atom is 0.323 e. The number of ether oxygens (including phenoxy) is 1. The third kappa shape index (κ3) is 3.15. The molecule has 1 aromatic carbocycles. The van der Waals surface area contributed by atoms with E-state index >= 15 is 0 Å².